The molecule has 1 atom stereocenters. The van der Waals surface area contributed by atoms with Crippen LogP contribution in [0, 0.1) is 5.92 Å². The number of benzene rings is 1. The number of hydrogen-bond acceptors (Lipinski definition) is 2. The highest BCUT2D eigenvalue weighted by atomic mass is 35.5. The molecule has 0 bridgehead atoms. The fourth-order valence-electron chi connectivity index (χ4n) is 1.99. The predicted molar refractivity (Wildman–Crippen MR) is 79.1 cm³/mol. The first kappa shape index (κ1) is 15.8. The first-order valence-electron chi connectivity index (χ1n) is 6.69. The van der Waals surface area contributed by atoms with E-state index in [4.69, 9.17) is 16.3 Å². The summed E-state index contributed by atoms with van der Waals surface area (Å²) in [4.78, 5) is 12.0. The lowest BCUT2D eigenvalue weighted by molar-refractivity contribution is 0.0946. The number of ether oxygens (including phenoxy) is 1. The molecule has 0 aliphatic carbocycles. The number of methoxy groups -OCH3 is 1. The molecule has 0 fully saturated rings. The van der Waals surface area contributed by atoms with Gasteiger partial charge in [0.25, 0.3) is 5.91 Å². The molecule has 1 aromatic carbocycles. The van der Waals surface area contributed by atoms with Crippen LogP contribution in [0.1, 0.15) is 36.5 Å². The van der Waals surface area contributed by atoms with Gasteiger partial charge < -0.3 is 10.1 Å². The van der Waals surface area contributed by atoms with Crippen molar-refractivity contribution in [2.24, 2.45) is 5.92 Å². The zero-order chi connectivity index (χ0) is 14.1. The molecule has 3 nitrogen and oxygen atoms in total. The van der Waals surface area contributed by atoms with Crippen molar-refractivity contribution < 1.29 is 9.53 Å². The van der Waals surface area contributed by atoms with E-state index in [9.17, 15) is 4.79 Å². The Labute approximate surface area is 120 Å². The van der Waals surface area contributed by atoms with Gasteiger partial charge in [-0.05, 0) is 43.0 Å². The van der Waals surface area contributed by atoms with Gasteiger partial charge in [-0.15, -0.1) is 11.6 Å². The number of carbonyl (C=O) groups is 1. The van der Waals surface area contributed by atoms with Crippen LogP contribution < -0.4 is 10.1 Å². The van der Waals surface area contributed by atoms with Gasteiger partial charge in [-0.1, -0.05) is 13.3 Å². The maximum Gasteiger partial charge on any atom is 0.251 e. The van der Waals surface area contributed by atoms with E-state index in [1.54, 1.807) is 31.4 Å². The standard InChI is InChI=1S/C15H22ClNO2/c1-3-4-12(9-10-16)11-17-15(18)13-5-7-14(19-2)8-6-13/h5-8,12H,3-4,9-11H2,1-2H3,(H,17,18). The molecule has 0 spiro atoms. The number of hydrogen-bond donors (Lipinski definition) is 1. The van der Waals surface area contributed by atoms with Gasteiger partial charge in [0.15, 0.2) is 0 Å². The molecule has 0 heterocycles. The van der Waals surface area contributed by atoms with Gasteiger partial charge in [0.1, 0.15) is 5.75 Å². The summed E-state index contributed by atoms with van der Waals surface area (Å²) in [5, 5.41) is 2.97. The van der Waals surface area contributed by atoms with E-state index in [1.165, 1.54) is 0 Å². The summed E-state index contributed by atoms with van der Waals surface area (Å²) in [6, 6.07) is 7.11. The summed E-state index contributed by atoms with van der Waals surface area (Å²) in [5.41, 5.74) is 0.655. The Balaban J connectivity index is 2.48. The molecule has 0 aromatic heterocycles. The minimum Gasteiger partial charge on any atom is -0.497 e. The second-order valence-corrected chi connectivity index (χ2v) is 4.95. The van der Waals surface area contributed by atoms with Gasteiger partial charge in [0.05, 0.1) is 7.11 Å². The highest BCUT2D eigenvalue weighted by molar-refractivity contribution is 6.17. The Kier molecular flexibility index (Phi) is 7.34. The largest absolute Gasteiger partial charge is 0.497 e. The van der Waals surface area contributed by atoms with Crippen molar-refractivity contribution >= 4 is 17.5 Å². The Morgan fingerprint density at radius 1 is 1.32 bits per heavy atom. The van der Waals surface area contributed by atoms with Gasteiger partial charge in [0, 0.05) is 18.0 Å². The van der Waals surface area contributed by atoms with Crippen LogP contribution in [-0.4, -0.2) is 25.4 Å². The summed E-state index contributed by atoms with van der Waals surface area (Å²) < 4.78 is 5.06. The average molecular weight is 284 g/mol. The van der Waals surface area contributed by atoms with E-state index < -0.39 is 0 Å². The summed E-state index contributed by atoms with van der Waals surface area (Å²) in [6.07, 6.45) is 3.15. The van der Waals surface area contributed by atoms with E-state index in [0.29, 0.717) is 23.9 Å². The van der Waals surface area contributed by atoms with Crippen molar-refractivity contribution in [3.63, 3.8) is 0 Å². The number of nitrogens with one attached hydrogen (secondary N) is 1. The molecular formula is C15H22ClNO2. The van der Waals surface area contributed by atoms with Crippen molar-refractivity contribution in [2.45, 2.75) is 26.2 Å². The van der Waals surface area contributed by atoms with Crippen LogP contribution in [0.3, 0.4) is 0 Å². The Morgan fingerprint density at radius 3 is 2.53 bits per heavy atom. The van der Waals surface area contributed by atoms with Crippen molar-refractivity contribution in [1.29, 1.82) is 0 Å². The topological polar surface area (TPSA) is 38.3 Å². The van der Waals surface area contributed by atoms with Gasteiger partial charge >= 0.3 is 0 Å². The molecule has 0 aliphatic rings. The first-order valence-corrected chi connectivity index (χ1v) is 7.23. The minimum atomic E-state index is -0.0432. The summed E-state index contributed by atoms with van der Waals surface area (Å²) >= 11 is 5.77. The molecule has 1 aromatic rings. The normalized spacial score (nSPS) is 11.9. The third-order valence-electron chi connectivity index (χ3n) is 3.12. The molecule has 0 saturated carbocycles. The van der Waals surface area contributed by atoms with Crippen molar-refractivity contribution in [3.8, 4) is 5.75 Å². The quantitative estimate of drug-likeness (QED) is 0.742. The smallest absolute Gasteiger partial charge is 0.251 e. The lowest BCUT2D eigenvalue weighted by atomic mass is 10.0. The van der Waals surface area contributed by atoms with Gasteiger partial charge in [-0.3, -0.25) is 4.79 Å². The summed E-state index contributed by atoms with van der Waals surface area (Å²) in [5.74, 6) is 1.81. The van der Waals surface area contributed by atoms with Crippen LogP contribution in [0.5, 0.6) is 5.75 Å². The van der Waals surface area contributed by atoms with Crippen LogP contribution in [0.4, 0.5) is 0 Å². The van der Waals surface area contributed by atoms with Gasteiger partial charge in [-0.25, -0.2) is 0 Å². The third kappa shape index (κ3) is 5.52. The van der Waals surface area contributed by atoms with Crippen LogP contribution in [0.2, 0.25) is 0 Å². The Morgan fingerprint density at radius 2 is 2.00 bits per heavy atom. The zero-order valence-corrected chi connectivity index (χ0v) is 12.4. The van der Waals surface area contributed by atoms with Gasteiger partial charge in [0.2, 0.25) is 0 Å². The minimum absolute atomic E-state index is 0.0432. The molecule has 1 rings (SSSR count). The number of rotatable bonds is 8. The fraction of sp³-hybridized carbons (Fsp3) is 0.533. The monoisotopic (exact) mass is 283 g/mol. The maximum atomic E-state index is 12.0. The molecule has 106 valence electrons. The lowest BCUT2D eigenvalue weighted by Gasteiger charge is -2.15. The molecule has 1 amide bonds. The van der Waals surface area contributed by atoms with Crippen molar-refractivity contribution in [3.05, 3.63) is 29.8 Å². The summed E-state index contributed by atoms with van der Waals surface area (Å²) in [7, 11) is 1.61. The lowest BCUT2D eigenvalue weighted by Crippen LogP contribution is -2.29. The summed E-state index contributed by atoms with van der Waals surface area (Å²) in [6.45, 7) is 2.83. The Bertz CT molecular complexity index is 372. The number of alkyl halides is 1. The SMILES string of the molecule is CCCC(CCCl)CNC(=O)c1ccc(OC)cc1. The van der Waals surface area contributed by atoms with E-state index >= 15 is 0 Å². The van der Waals surface area contributed by atoms with Crippen molar-refractivity contribution in [2.75, 3.05) is 19.5 Å². The molecular weight excluding hydrogens is 262 g/mol. The van der Waals surface area contributed by atoms with E-state index in [-0.39, 0.29) is 5.91 Å². The molecule has 0 aliphatic heterocycles. The highest BCUT2D eigenvalue weighted by Crippen LogP contribution is 2.13. The first-order chi connectivity index (χ1) is 9.21. The molecule has 0 radical (unpaired) electrons. The van der Waals surface area contributed by atoms with Crippen LogP contribution in [-0.2, 0) is 0 Å². The predicted octanol–water partition coefficient (Wildman–Crippen LogP) is 3.47. The second kappa shape index (κ2) is 8.81. The van der Waals surface area contributed by atoms with Crippen molar-refractivity contribution in [1.82, 2.24) is 5.32 Å². The maximum absolute atomic E-state index is 12.0. The molecule has 4 heteroatoms. The number of carbonyl (C=O) groups excluding carboxylic acids is 1. The highest BCUT2D eigenvalue weighted by Gasteiger charge is 2.10. The molecule has 1 unspecified atom stereocenters. The molecule has 1 N–H and O–H groups in total. The zero-order valence-electron chi connectivity index (χ0n) is 11.6. The third-order valence-corrected chi connectivity index (χ3v) is 3.34. The van der Waals surface area contributed by atoms with Crippen LogP contribution >= 0.6 is 11.6 Å². The molecule has 0 saturated heterocycles. The Hall–Kier alpha value is -1.22. The average Bonchev–Trinajstić information content (AvgIpc) is 2.45. The van der Waals surface area contributed by atoms with Gasteiger partial charge in [-0.2, -0.15) is 0 Å². The number of halogens is 1. The van der Waals surface area contributed by atoms with Crippen LogP contribution in [0.15, 0.2) is 24.3 Å². The second-order valence-electron chi connectivity index (χ2n) is 4.57. The fourth-order valence-corrected chi connectivity index (χ4v) is 2.30. The van der Waals surface area contributed by atoms with E-state index in [0.717, 1.165) is 25.0 Å². The van der Waals surface area contributed by atoms with E-state index in [1.807, 2.05) is 0 Å². The number of amides is 1. The van der Waals surface area contributed by atoms with E-state index in [2.05, 4.69) is 12.2 Å². The molecule has 19 heavy (non-hydrogen) atoms. The van der Waals surface area contributed by atoms with Crippen LogP contribution in [0.25, 0.3) is 0 Å².